The highest BCUT2D eigenvalue weighted by Gasteiger charge is 2.32. The third kappa shape index (κ3) is 6.84. The third-order valence-electron chi connectivity index (χ3n) is 2.70. The molecule has 2 unspecified atom stereocenters. The molecule has 0 saturated carbocycles. The molecule has 0 spiro atoms. The quantitative estimate of drug-likeness (QED) is 0.412. The van der Waals surface area contributed by atoms with Crippen molar-refractivity contribution in [3.63, 3.8) is 0 Å². The molecule has 1 heterocycles. The molecular weight excluding hydrogens is 254 g/mol. The van der Waals surface area contributed by atoms with Crippen molar-refractivity contribution in [2.45, 2.75) is 6.04 Å². The van der Waals surface area contributed by atoms with Crippen LogP contribution < -0.4 is 5.73 Å². The maximum Gasteiger partial charge on any atom is 0.313 e. The van der Waals surface area contributed by atoms with Gasteiger partial charge in [0.2, 0.25) is 0 Å². The highest BCUT2D eigenvalue weighted by molar-refractivity contribution is 5.73. The van der Waals surface area contributed by atoms with E-state index in [1.807, 2.05) is 0 Å². The van der Waals surface area contributed by atoms with Crippen LogP contribution in [0.15, 0.2) is 0 Å². The molecule has 7 heteroatoms. The fraction of sp³-hybridized carbons (Fsp3) is 0.917. The van der Waals surface area contributed by atoms with E-state index in [9.17, 15) is 4.79 Å². The molecule has 112 valence electrons. The summed E-state index contributed by atoms with van der Waals surface area (Å²) < 4.78 is 25.4. The predicted molar refractivity (Wildman–Crippen MR) is 66.8 cm³/mol. The molecular formula is C12H23NO6. The van der Waals surface area contributed by atoms with Gasteiger partial charge in [0.1, 0.15) is 6.61 Å². The fourth-order valence-corrected chi connectivity index (χ4v) is 1.59. The molecule has 2 atom stereocenters. The molecule has 19 heavy (non-hydrogen) atoms. The summed E-state index contributed by atoms with van der Waals surface area (Å²) in [4.78, 5) is 11.6. The Kier molecular flexibility index (Phi) is 8.68. The largest absolute Gasteiger partial charge is 0.463 e. The SMILES string of the molecule is COCCOCCOCCOC(=O)C1COCC1N. The van der Waals surface area contributed by atoms with E-state index in [1.54, 1.807) is 7.11 Å². The zero-order valence-corrected chi connectivity index (χ0v) is 11.3. The summed E-state index contributed by atoms with van der Waals surface area (Å²) in [6.07, 6.45) is 0. The normalized spacial score (nSPS) is 22.6. The Bertz CT molecular complexity index is 250. The fourth-order valence-electron chi connectivity index (χ4n) is 1.59. The highest BCUT2D eigenvalue weighted by Crippen LogP contribution is 2.12. The second-order valence-corrected chi connectivity index (χ2v) is 4.19. The molecule has 0 aromatic rings. The summed E-state index contributed by atoms with van der Waals surface area (Å²) in [5.41, 5.74) is 5.71. The Morgan fingerprint density at radius 2 is 1.74 bits per heavy atom. The second kappa shape index (κ2) is 10.1. The minimum absolute atomic E-state index is 0.222. The van der Waals surface area contributed by atoms with E-state index in [4.69, 9.17) is 29.4 Å². The molecule has 2 N–H and O–H groups in total. The average molecular weight is 277 g/mol. The van der Waals surface area contributed by atoms with Crippen molar-refractivity contribution in [1.82, 2.24) is 0 Å². The van der Waals surface area contributed by atoms with Crippen LogP contribution in [0.1, 0.15) is 0 Å². The van der Waals surface area contributed by atoms with E-state index < -0.39 is 0 Å². The minimum Gasteiger partial charge on any atom is -0.463 e. The van der Waals surface area contributed by atoms with Crippen LogP contribution in [0.25, 0.3) is 0 Å². The van der Waals surface area contributed by atoms with Gasteiger partial charge in [-0.2, -0.15) is 0 Å². The minimum atomic E-state index is -0.350. The summed E-state index contributed by atoms with van der Waals surface area (Å²) in [5, 5.41) is 0. The molecule has 0 aliphatic carbocycles. The van der Waals surface area contributed by atoms with E-state index in [0.29, 0.717) is 46.2 Å². The van der Waals surface area contributed by atoms with Crippen molar-refractivity contribution in [2.75, 3.05) is 60.0 Å². The van der Waals surface area contributed by atoms with E-state index in [1.165, 1.54) is 0 Å². The highest BCUT2D eigenvalue weighted by atomic mass is 16.6. The van der Waals surface area contributed by atoms with Crippen LogP contribution in [0.3, 0.4) is 0 Å². The van der Waals surface area contributed by atoms with Gasteiger partial charge in [-0.15, -0.1) is 0 Å². The van der Waals surface area contributed by atoms with Gasteiger partial charge in [0.25, 0.3) is 0 Å². The van der Waals surface area contributed by atoms with Crippen LogP contribution >= 0.6 is 0 Å². The van der Waals surface area contributed by atoms with Crippen molar-refractivity contribution in [1.29, 1.82) is 0 Å². The third-order valence-corrected chi connectivity index (χ3v) is 2.70. The van der Waals surface area contributed by atoms with Crippen LogP contribution in [0.2, 0.25) is 0 Å². The van der Waals surface area contributed by atoms with E-state index in [-0.39, 0.29) is 24.5 Å². The first-order valence-corrected chi connectivity index (χ1v) is 6.40. The molecule has 0 bridgehead atoms. The molecule has 0 amide bonds. The van der Waals surface area contributed by atoms with Gasteiger partial charge in [-0.25, -0.2) is 0 Å². The number of rotatable bonds is 10. The lowest BCUT2D eigenvalue weighted by atomic mass is 10.1. The molecule has 0 aromatic heterocycles. The zero-order chi connectivity index (χ0) is 13.9. The summed E-state index contributed by atoms with van der Waals surface area (Å²) in [6, 6.07) is -0.261. The summed E-state index contributed by atoms with van der Waals surface area (Å²) >= 11 is 0. The van der Waals surface area contributed by atoms with Gasteiger partial charge in [-0.3, -0.25) is 4.79 Å². The van der Waals surface area contributed by atoms with Crippen LogP contribution in [0, 0.1) is 5.92 Å². The lowest BCUT2D eigenvalue weighted by Gasteiger charge is -2.12. The number of methoxy groups -OCH3 is 1. The molecule has 1 aliphatic rings. The first-order chi connectivity index (χ1) is 9.25. The first kappa shape index (κ1) is 16.3. The van der Waals surface area contributed by atoms with Crippen LogP contribution in [0.5, 0.6) is 0 Å². The topological polar surface area (TPSA) is 89.2 Å². The van der Waals surface area contributed by atoms with Crippen molar-refractivity contribution >= 4 is 5.97 Å². The number of ether oxygens (including phenoxy) is 5. The Hall–Kier alpha value is -0.730. The zero-order valence-electron chi connectivity index (χ0n) is 11.3. The van der Waals surface area contributed by atoms with Crippen molar-refractivity contribution in [3.8, 4) is 0 Å². The lowest BCUT2D eigenvalue weighted by molar-refractivity contribution is -0.150. The Morgan fingerprint density at radius 1 is 1.11 bits per heavy atom. The monoisotopic (exact) mass is 277 g/mol. The van der Waals surface area contributed by atoms with Gasteiger partial charge < -0.3 is 29.4 Å². The molecule has 1 fully saturated rings. The second-order valence-electron chi connectivity index (χ2n) is 4.19. The standard InChI is InChI=1S/C12H23NO6/c1-15-2-3-16-4-5-17-6-7-19-12(14)10-8-18-9-11(10)13/h10-11H,2-9,13H2,1H3. The number of hydrogen-bond acceptors (Lipinski definition) is 7. The van der Waals surface area contributed by atoms with Crippen molar-refractivity contribution < 1.29 is 28.5 Å². The summed E-state index contributed by atoms with van der Waals surface area (Å²) in [7, 11) is 1.62. The van der Waals surface area contributed by atoms with Gasteiger partial charge in [-0.05, 0) is 0 Å². The van der Waals surface area contributed by atoms with E-state index in [0.717, 1.165) is 0 Å². The van der Waals surface area contributed by atoms with Gasteiger partial charge in [0.15, 0.2) is 0 Å². The summed E-state index contributed by atoms with van der Waals surface area (Å²) in [6.45, 7) is 3.41. The maximum absolute atomic E-state index is 11.6. The lowest BCUT2D eigenvalue weighted by Crippen LogP contribution is -2.35. The molecule has 0 aromatic carbocycles. The Balaban J connectivity index is 1.89. The van der Waals surface area contributed by atoms with Crippen LogP contribution in [0.4, 0.5) is 0 Å². The molecule has 1 rings (SSSR count). The van der Waals surface area contributed by atoms with Gasteiger partial charge in [-0.1, -0.05) is 0 Å². The first-order valence-electron chi connectivity index (χ1n) is 6.40. The van der Waals surface area contributed by atoms with Crippen LogP contribution in [-0.2, 0) is 28.5 Å². The van der Waals surface area contributed by atoms with Gasteiger partial charge >= 0.3 is 5.97 Å². The average Bonchev–Trinajstić information content (AvgIpc) is 2.83. The van der Waals surface area contributed by atoms with Crippen molar-refractivity contribution in [3.05, 3.63) is 0 Å². The number of carbonyl (C=O) groups is 1. The molecule has 0 radical (unpaired) electrons. The smallest absolute Gasteiger partial charge is 0.313 e. The maximum atomic E-state index is 11.6. The van der Waals surface area contributed by atoms with Crippen LogP contribution in [-0.4, -0.2) is 72.0 Å². The van der Waals surface area contributed by atoms with E-state index in [2.05, 4.69) is 0 Å². The predicted octanol–water partition coefficient (Wildman–Crippen LogP) is -0.817. The summed E-state index contributed by atoms with van der Waals surface area (Å²) in [5.74, 6) is -0.665. The number of nitrogens with two attached hydrogens (primary N) is 1. The Labute approximate surface area is 113 Å². The molecule has 1 saturated heterocycles. The number of esters is 1. The number of hydrogen-bond donors (Lipinski definition) is 1. The van der Waals surface area contributed by atoms with E-state index >= 15 is 0 Å². The van der Waals surface area contributed by atoms with Gasteiger partial charge in [0.05, 0.1) is 52.2 Å². The number of carbonyl (C=O) groups excluding carboxylic acids is 1. The molecule has 7 nitrogen and oxygen atoms in total. The Morgan fingerprint density at radius 3 is 2.32 bits per heavy atom. The van der Waals surface area contributed by atoms with Gasteiger partial charge in [0, 0.05) is 13.2 Å². The van der Waals surface area contributed by atoms with Crippen molar-refractivity contribution in [2.24, 2.45) is 11.7 Å². The molecule has 1 aliphatic heterocycles.